The van der Waals surface area contributed by atoms with E-state index in [-0.39, 0.29) is 11.9 Å². The number of β-amino-alcohol motifs (C(OH)–C–C–N with tert-alkyl or cyclic N) is 1. The lowest BCUT2D eigenvalue weighted by Crippen LogP contribution is -2.61. The predicted molar refractivity (Wildman–Crippen MR) is 95.5 cm³/mol. The van der Waals surface area contributed by atoms with E-state index in [4.69, 9.17) is 0 Å². The van der Waals surface area contributed by atoms with E-state index in [9.17, 15) is 9.90 Å². The first-order valence-electron chi connectivity index (χ1n) is 9.19. The highest BCUT2D eigenvalue weighted by Gasteiger charge is 2.35. The maximum atomic E-state index is 12.2. The summed E-state index contributed by atoms with van der Waals surface area (Å²) in [5.74, 6) is 0.128. The number of rotatable bonds is 8. The molecule has 0 aliphatic carbocycles. The third kappa shape index (κ3) is 6.77. The summed E-state index contributed by atoms with van der Waals surface area (Å²) in [6, 6.07) is 1.02. The molecule has 23 heavy (non-hydrogen) atoms. The average molecular weight is 328 g/mol. The molecule has 1 rings (SSSR count). The molecule has 1 heterocycles. The molecule has 136 valence electrons. The molecule has 5 nitrogen and oxygen atoms in total. The van der Waals surface area contributed by atoms with Crippen molar-refractivity contribution in [1.29, 1.82) is 0 Å². The van der Waals surface area contributed by atoms with Gasteiger partial charge in [-0.1, -0.05) is 20.8 Å². The Kier molecular flexibility index (Phi) is 7.98. The summed E-state index contributed by atoms with van der Waals surface area (Å²) in [4.78, 5) is 17.0. The van der Waals surface area contributed by atoms with E-state index in [0.29, 0.717) is 25.2 Å². The summed E-state index contributed by atoms with van der Waals surface area (Å²) in [6.45, 7) is 15.2. The SMILES string of the molecule is CC[C@@H]1CN(CC(=O)N[C@@H](C)CC)[C@@H](CC)CN1CC(C)(C)O. The lowest BCUT2D eigenvalue weighted by molar-refractivity contribution is -0.125. The fourth-order valence-electron chi connectivity index (χ4n) is 3.34. The quantitative estimate of drug-likeness (QED) is 0.714. The third-order valence-corrected chi connectivity index (χ3v) is 4.82. The minimum Gasteiger partial charge on any atom is -0.389 e. The van der Waals surface area contributed by atoms with E-state index in [0.717, 1.165) is 32.4 Å². The Morgan fingerprint density at radius 3 is 2.17 bits per heavy atom. The Hall–Kier alpha value is -0.650. The molecule has 0 aromatic carbocycles. The highest BCUT2D eigenvalue weighted by molar-refractivity contribution is 5.78. The van der Waals surface area contributed by atoms with Gasteiger partial charge in [-0.25, -0.2) is 0 Å². The van der Waals surface area contributed by atoms with Gasteiger partial charge in [0.25, 0.3) is 0 Å². The zero-order valence-electron chi connectivity index (χ0n) is 15.9. The second kappa shape index (κ2) is 9.00. The van der Waals surface area contributed by atoms with Gasteiger partial charge in [-0.05, 0) is 40.0 Å². The second-order valence-corrected chi connectivity index (χ2v) is 7.67. The maximum Gasteiger partial charge on any atom is 0.234 e. The number of carbonyl (C=O) groups is 1. The van der Waals surface area contributed by atoms with Crippen LogP contribution in [0.5, 0.6) is 0 Å². The zero-order valence-corrected chi connectivity index (χ0v) is 15.9. The molecule has 1 aliphatic rings. The van der Waals surface area contributed by atoms with Crippen LogP contribution in [-0.2, 0) is 4.79 Å². The summed E-state index contributed by atoms with van der Waals surface area (Å²) < 4.78 is 0. The lowest BCUT2D eigenvalue weighted by atomic mass is 9.99. The number of piperazine rings is 1. The van der Waals surface area contributed by atoms with Crippen LogP contribution < -0.4 is 5.32 Å². The van der Waals surface area contributed by atoms with Gasteiger partial charge >= 0.3 is 0 Å². The number of aliphatic hydroxyl groups is 1. The van der Waals surface area contributed by atoms with E-state index in [1.165, 1.54) is 0 Å². The highest BCUT2D eigenvalue weighted by Crippen LogP contribution is 2.21. The molecule has 0 aromatic rings. The Balaban J connectivity index is 2.70. The number of carbonyl (C=O) groups excluding carboxylic acids is 1. The summed E-state index contributed by atoms with van der Waals surface area (Å²) in [6.07, 6.45) is 3.02. The molecule has 0 spiro atoms. The van der Waals surface area contributed by atoms with Crippen LogP contribution in [0.25, 0.3) is 0 Å². The average Bonchev–Trinajstić information content (AvgIpc) is 2.46. The van der Waals surface area contributed by atoms with Crippen molar-refractivity contribution in [2.45, 2.75) is 84.5 Å². The fourth-order valence-corrected chi connectivity index (χ4v) is 3.34. The van der Waals surface area contributed by atoms with E-state index in [2.05, 4.69) is 35.9 Å². The second-order valence-electron chi connectivity index (χ2n) is 7.67. The van der Waals surface area contributed by atoms with Crippen LogP contribution in [0.4, 0.5) is 0 Å². The first-order chi connectivity index (χ1) is 10.7. The third-order valence-electron chi connectivity index (χ3n) is 4.82. The largest absolute Gasteiger partial charge is 0.389 e. The highest BCUT2D eigenvalue weighted by atomic mass is 16.3. The van der Waals surface area contributed by atoms with Crippen LogP contribution >= 0.6 is 0 Å². The van der Waals surface area contributed by atoms with Gasteiger partial charge in [0, 0.05) is 37.8 Å². The van der Waals surface area contributed by atoms with Gasteiger partial charge in [0.15, 0.2) is 0 Å². The molecule has 5 heteroatoms. The topological polar surface area (TPSA) is 55.8 Å². The van der Waals surface area contributed by atoms with Gasteiger partial charge in [-0.15, -0.1) is 0 Å². The smallest absolute Gasteiger partial charge is 0.234 e. The minimum atomic E-state index is -0.679. The standard InChI is InChI=1S/C18H37N3O2/c1-7-14(4)19-17(22)12-20-10-16(9-3)21(11-15(20)8-2)13-18(5,6)23/h14-16,23H,7-13H2,1-6H3,(H,19,22)/t14-,15-,16+/m0/s1. The van der Waals surface area contributed by atoms with Crippen molar-refractivity contribution in [2.75, 3.05) is 26.2 Å². The van der Waals surface area contributed by atoms with Crippen LogP contribution in [-0.4, -0.2) is 70.7 Å². The number of hydrogen-bond donors (Lipinski definition) is 2. The lowest BCUT2D eigenvalue weighted by Gasteiger charge is -2.47. The normalized spacial score (nSPS) is 25.3. The van der Waals surface area contributed by atoms with Crippen LogP contribution in [0.3, 0.4) is 0 Å². The predicted octanol–water partition coefficient (Wildman–Crippen LogP) is 1.85. The Morgan fingerprint density at radius 2 is 1.70 bits per heavy atom. The number of hydrogen-bond acceptors (Lipinski definition) is 4. The molecule has 0 bridgehead atoms. The van der Waals surface area contributed by atoms with E-state index >= 15 is 0 Å². The molecule has 0 unspecified atom stereocenters. The molecule has 2 N–H and O–H groups in total. The number of amides is 1. The van der Waals surface area contributed by atoms with Crippen molar-refractivity contribution >= 4 is 5.91 Å². The van der Waals surface area contributed by atoms with Crippen LogP contribution in [0.15, 0.2) is 0 Å². The van der Waals surface area contributed by atoms with Crippen molar-refractivity contribution in [3.05, 3.63) is 0 Å². The van der Waals surface area contributed by atoms with E-state index < -0.39 is 5.60 Å². The van der Waals surface area contributed by atoms with Gasteiger partial charge in [0.2, 0.25) is 5.91 Å². The van der Waals surface area contributed by atoms with Gasteiger partial charge in [-0.2, -0.15) is 0 Å². The summed E-state index contributed by atoms with van der Waals surface area (Å²) >= 11 is 0. The summed E-state index contributed by atoms with van der Waals surface area (Å²) in [5.41, 5.74) is -0.679. The first kappa shape index (κ1) is 20.4. The molecular weight excluding hydrogens is 290 g/mol. The van der Waals surface area contributed by atoms with Crippen molar-refractivity contribution in [2.24, 2.45) is 0 Å². The van der Waals surface area contributed by atoms with Crippen LogP contribution in [0.1, 0.15) is 60.8 Å². The Morgan fingerprint density at radius 1 is 1.17 bits per heavy atom. The van der Waals surface area contributed by atoms with Gasteiger partial charge in [0.1, 0.15) is 0 Å². The molecule has 0 aromatic heterocycles. The maximum absolute atomic E-state index is 12.2. The van der Waals surface area contributed by atoms with Crippen LogP contribution in [0.2, 0.25) is 0 Å². The molecule has 1 amide bonds. The number of nitrogens with one attached hydrogen (secondary N) is 1. The minimum absolute atomic E-state index is 0.128. The van der Waals surface area contributed by atoms with Gasteiger partial charge in [0.05, 0.1) is 12.1 Å². The fraction of sp³-hybridized carbons (Fsp3) is 0.944. The molecule has 1 saturated heterocycles. The van der Waals surface area contributed by atoms with Crippen molar-refractivity contribution in [3.8, 4) is 0 Å². The first-order valence-corrected chi connectivity index (χ1v) is 9.19. The van der Waals surface area contributed by atoms with E-state index in [1.807, 2.05) is 20.8 Å². The van der Waals surface area contributed by atoms with Crippen molar-refractivity contribution < 1.29 is 9.90 Å². The molecular formula is C18H37N3O2. The van der Waals surface area contributed by atoms with Crippen molar-refractivity contribution in [1.82, 2.24) is 15.1 Å². The van der Waals surface area contributed by atoms with Gasteiger partial charge in [-0.3, -0.25) is 14.6 Å². The molecule has 0 saturated carbocycles. The summed E-state index contributed by atoms with van der Waals surface area (Å²) in [7, 11) is 0. The van der Waals surface area contributed by atoms with Crippen molar-refractivity contribution in [3.63, 3.8) is 0 Å². The Bertz CT molecular complexity index is 368. The monoisotopic (exact) mass is 327 g/mol. The van der Waals surface area contributed by atoms with Gasteiger partial charge < -0.3 is 10.4 Å². The number of nitrogens with zero attached hydrogens (tertiary/aromatic N) is 2. The molecule has 0 radical (unpaired) electrons. The molecule has 1 aliphatic heterocycles. The molecule has 1 fully saturated rings. The van der Waals surface area contributed by atoms with Crippen LogP contribution in [0, 0.1) is 0 Å². The summed E-state index contributed by atoms with van der Waals surface area (Å²) in [5, 5.41) is 13.2. The molecule has 3 atom stereocenters. The Labute approximate surface area is 142 Å². The van der Waals surface area contributed by atoms with E-state index in [1.54, 1.807) is 0 Å². The zero-order chi connectivity index (χ0) is 17.6.